The number of anilines is 1. The zero-order valence-corrected chi connectivity index (χ0v) is 15.1. The molecule has 0 fully saturated rings. The van der Waals surface area contributed by atoms with Crippen molar-refractivity contribution in [1.82, 2.24) is 4.98 Å². The van der Waals surface area contributed by atoms with Gasteiger partial charge in [0.15, 0.2) is 5.13 Å². The number of nitrogens with one attached hydrogen (secondary N) is 1. The molecule has 0 saturated heterocycles. The Labute approximate surface area is 139 Å². The third-order valence-electron chi connectivity index (χ3n) is 3.26. The SMILES string of the molecule is NCc1cc(S(=O)(=O)Nc2nc3c(s2)CCCC3)c(Br)s1. The van der Waals surface area contributed by atoms with Gasteiger partial charge in [0.05, 0.1) is 9.48 Å². The van der Waals surface area contributed by atoms with E-state index >= 15 is 0 Å². The Balaban J connectivity index is 1.88. The maximum absolute atomic E-state index is 12.5. The number of fused-ring (bicyclic) bond motifs is 1. The lowest BCUT2D eigenvalue weighted by Crippen LogP contribution is -2.12. The van der Waals surface area contributed by atoms with Crippen LogP contribution in [-0.2, 0) is 29.4 Å². The van der Waals surface area contributed by atoms with Crippen LogP contribution in [0.2, 0.25) is 0 Å². The van der Waals surface area contributed by atoms with Crippen LogP contribution in [0.25, 0.3) is 0 Å². The zero-order chi connectivity index (χ0) is 15.0. The van der Waals surface area contributed by atoms with Crippen molar-refractivity contribution in [2.45, 2.75) is 37.1 Å². The highest BCUT2D eigenvalue weighted by molar-refractivity contribution is 9.11. The number of hydrogen-bond acceptors (Lipinski definition) is 6. The smallest absolute Gasteiger partial charge is 0.265 e. The number of aromatic nitrogens is 1. The fraction of sp³-hybridized carbons (Fsp3) is 0.417. The summed E-state index contributed by atoms with van der Waals surface area (Å²) in [6.07, 6.45) is 4.21. The summed E-state index contributed by atoms with van der Waals surface area (Å²) in [5, 5.41) is 0.453. The molecule has 9 heteroatoms. The van der Waals surface area contributed by atoms with Crippen molar-refractivity contribution in [3.8, 4) is 0 Å². The molecular formula is C12H14BrN3O2S3. The molecular weight excluding hydrogens is 394 g/mol. The Morgan fingerprint density at radius 2 is 2.10 bits per heavy atom. The van der Waals surface area contributed by atoms with E-state index in [0.717, 1.165) is 36.3 Å². The predicted molar refractivity (Wildman–Crippen MR) is 89.5 cm³/mol. The molecule has 1 aliphatic carbocycles. The lowest BCUT2D eigenvalue weighted by Gasteiger charge is -2.06. The minimum Gasteiger partial charge on any atom is -0.326 e. The number of halogens is 1. The molecule has 114 valence electrons. The molecule has 2 aromatic rings. The molecule has 0 saturated carbocycles. The topological polar surface area (TPSA) is 85.1 Å². The molecule has 0 amide bonds. The number of nitrogens with zero attached hydrogens (tertiary/aromatic N) is 1. The summed E-state index contributed by atoms with van der Waals surface area (Å²) >= 11 is 6.06. The molecule has 0 aromatic carbocycles. The van der Waals surface area contributed by atoms with Crippen molar-refractivity contribution in [3.63, 3.8) is 0 Å². The first-order valence-corrected chi connectivity index (χ1v) is 10.4. The average Bonchev–Trinajstić information content (AvgIpc) is 3.00. The molecule has 1 aliphatic rings. The molecule has 2 aromatic heterocycles. The Morgan fingerprint density at radius 1 is 1.33 bits per heavy atom. The van der Waals surface area contributed by atoms with Crippen LogP contribution in [0.1, 0.15) is 28.3 Å². The van der Waals surface area contributed by atoms with Gasteiger partial charge in [-0.05, 0) is 47.7 Å². The Morgan fingerprint density at radius 3 is 2.76 bits per heavy atom. The van der Waals surface area contributed by atoms with Gasteiger partial charge in [0.2, 0.25) is 0 Å². The van der Waals surface area contributed by atoms with E-state index in [1.54, 1.807) is 6.07 Å². The van der Waals surface area contributed by atoms with E-state index in [0.29, 0.717) is 15.5 Å². The molecule has 0 bridgehead atoms. The van der Waals surface area contributed by atoms with Crippen molar-refractivity contribution in [3.05, 3.63) is 25.3 Å². The summed E-state index contributed by atoms with van der Waals surface area (Å²) in [5.41, 5.74) is 6.60. The number of rotatable bonds is 4. The van der Waals surface area contributed by atoms with Crippen LogP contribution in [0.4, 0.5) is 5.13 Å². The highest BCUT2D eigenvalue weighted by atomic mass is 79.9. The van der Waals surface area contributed by atoms with Gasteiger partial charge in [0, 0.05) is 16.3 Å². The molecule has 3 rings (SSSR count). The van der Waals surface area contributed by atoms with Gasteiger partial charge in [-0.2, -0.15) is 0 Å². The zero-order valence-electron chi connectivity index (χ0n) is 11.1. The molecule has 5 nitrogen and oxygen atoms in total. The summed E-state index contributed by atoms with van der Waals surface area (Å²) in [4.78, 5) is 6.65. The van der Waals surface area contributed by atoms with E-state index in [4.69, 9.17) is 5.73 Å². The van der Waals surface area contributed by atoms with Crippen LogP contribution in [0.5, 0.6) is 0 Å². The molecule has 0 aliphatic heterocycles. The van der Waals surface area contributed by atoms with E-state index in [1.807, 2.05) is 0 Å². The second-order valence-corrected chi connectivity index (χ2v) is 9.95. The standard InChI is InChI=1S/C12H14BrN3O2S3/c13-11-10(5-7(6-14)19-11)21(17,18)16-12-15-8-3-1-2-4-9(8)20-12/h5H,1-4,6,14H2,(H,15,16). The number of aryl methyl sites for hydroxylation is 2. The number of sulfonamides is 1. The summed E-state index contributed by atoms with van der Waals surface area (Å²) < 4.78 is 28.1. The fourth-order valence-electron chi connectivity index (χ4n) is 2.25. The second kappa shape index (κ2) is 5.96. The third-order valence-corrected chi connectivity index (χ3v) is 8.08. The van der Waals surface area contributed by atoms with Gasteiger partial charge in [-0.1, -0.05) is 0 Å². The Hall–Kier alpha value is -0.480. The van der Waals surface area contributed by atoms with Gasteiger partial charge >= 0.3 is 0 Å². The molecule has 3 N–H and O–H groups in total. The first-order valence-electron chi connectivity index (χ1n) is 6.49. The Bertz CT molecular complexity index is 743. The van der Waals surface area contributed by atoms with E-state index in [1.165, 1.54) is 27.6 Å². The minimum atomic E-state index is -3.63. The van der Waals surface area contributed by atoms with Crippen LogP contribution >= 0.6 is 38.6 Å². The van der Waals surface area contributed by atoms with Crippen molar-refractivity contribution < 1.29 is 8.42 Å². The van der Waals surface area contributed by atoms with Crippen LogP contribution < -0.4 is 10.5 Å². The number of thiophene rings is 1. The molecule has 0 atom stereocenters. The van der Waals surface area contributed by atoms with Crippen LogP contribution in [0, 0.1) is 0 Å². The van der Waals surface area contributed by atoms with E-state index in [9.17, 15) is 8.42 Å². The predicted octanol–water partition coefficient (Wildman–Crippen LogP) is 3.11. The number of thiazole rings is 1. The third kappa shape index (κ3) is 3.16. The molecule has 2 heterocycles. The lowest BCUT2D eigenvalue weighted by atomic mass is 10.0. The molecule has 0 spiro atoms. The monoisotopic (exact) mass is 407 g/mol. The fourth-order valence-corrected chi connectivity index (χ4v) is 7.09. The van der Waals surface area contributed by atoms with Gasteiger partial charge in [-0.3, -0.25) is 4.72 Å². The van der Waals surface area contributed by atoms with Gasteiger partial charge in [-0.15, -0.1) is 22.7 Å². The van der Waals surface area contributed by atoms with E-state index < -0.39 is 10.0 Å². The largest absolute Gasteiger partial charge is 0.326 e. The quantitative estimate of drug-likeness (QED) is 0.814. The summed E-state index contributed by atoms with van der Waals surface area (Å²) in [5.74, 6) is 0. The molecule has 21 heavy (non-hydrogen) atoms. The van der Waals surface area contributed by atoms with Gasteiger partial charge in [0.25, 0.3) is 10.0 Å². The lowest BCUT2D eigenvalue weighted by molar-refractivity contribution is 0.601. The normalized spacial score (nSPS) is 15.0. The van der Waals surface area contributed by atoms with Gasteiger partial charge in [-0.25, -0.2) is 13.4 Å². The highest BCUT2D eigenvalue weighted by Crippen LogP contribution is 2.34. The van der Waals surface area contributed by atoms with Crippen LogP contribution in [0.15, 0.2) is 14.7 Å². The highest BCUT2D eigenvalue weighted by Gasteiger charge is 2.23. The van der Waals surface area contributed by atoms with E-state index in [2.05, 4.69) is 25.6 Å². The van der Waals surface area contributed by atoms with Crippen LogP contribution in [0.3, 0.4) is 0 Å². The molecule has 0 unspecified atom stereocenters. The van der Waals surface area contributed by atoms with Gasteiger partial charge in [0.1, 0.15) is 4.90 Å². The molecule has 0 radical (unpaired) electrons. The van der Waals surface area contributed by atoms with Crippen molar-refractivity contribution >= 4 is 53.8 Å². The summed E-state index contributed by atoms with van der Waals surface area (Å²) in [6, 6.07) is 1.60. The second-order valence-electron chi connectivity index (χ2n) is 4.76. The summed E-state index contributed by atoms with van der Waals surface area (Å²) in [6.45, 7) is 0.324. The van der Waals surface area contributed by atoms with Crippen molar-refractivity contribution in [1.29, 1.82) is 0 Å². The minimum absolute atomic E-state index is 0.223. The number of hydrogen-bond donors (Lipinski definition) is 2. The summed E-state index contributed by atoms with van der Waals surface area (Å²) in [7, 11) is -3.63. The van der Waals surface area contributed by atoms with Crippen molar-refractivity contribution in [2.75, 3.05) is 4.72 Å². The maximum atomic E-state index is 12.5. The Kier molecular flexibility index (Phi) is 4.37. The van der Waals surface area contributed by atoms with Crippen LogP contribution in [-0.4, -0.2) is 13.4 Å². The van der Waals surface area contributed by atoms with Crippen molar-refractivity contribution in [2.24, 2.45) is 5.73 Å². The maximum Gasteiger partial charge on any atom is 0.265 e. The van der Waals surface area contributed by atoms with Gasteiger partial charge < -0.3 is 5.73 Å². The number of nitrogens with two attached hydrogens (primary N) is 1. The van der Waals surface area contributed by atoms with E-state index in [-0.39, 0.29) is 4.90 Å². The first kappa shape index (κ1) is 15.4. The average molecular weight is 408 g/mol. The first-order chi connectivity index (χ1) is 9.99.